The molecule has 0 atom stereocenters. The Hall–Kier alpha value is -2.02. The molecule has 7 heteroatoms. The maximum Gasteiger partial charge on any atom is 0.244 e. The molecule has 130 valence electrons. The maximum absolute atomic E-state index is 12.9. The maximum atomic E-state index is 12.9. The summed E-state index contributed by atoms with van der Waals surface area (Å²) < 4.78 is 32.7. The minimum atomic E-state index is -3.63. The fourth-order valence-electron chi connectivity index (χ4n) is 3.32. The van der Waals surface area contributed by atoms with E-state index < -0.39 is 10.0 Å². The third kappa shape index (κ3) is 2.70. The van der Waals surface area contributed by atoms with Crippen LogP contribution in [0.2, 0.25) is 5.02 Å². The lowest BCUT2D eigenvalue weighted by molar-refractivity contribution is 0.388. The van der Waals surface area contributed by atoms with E-state index in [2.05, 4.69) is 4.98 Å². The lowest BCUT2D eigenvalue weighted by atomic mass is 10.0. The highest BCUT2D eigenvalue weighted by Gasteiger charge is 2.31. The molecule has 1 aliphatic heterocycles. The predicted molar refractivity (Wildman–Crippen MR) is 97.6 cm³/mol. The monoisotopic (exact) mass is 376 g/mol. The number of methoxy groups -OCH3 is 1. The van der Waals surface area contributed by atoms with Gasteiger partial charge in [0.1, 0.15) is 10.6 Å². The first kappa shape index (κ1) is 16.4. The average Bonchev–Trinajstić information content (AvgIpc) is 2.98. The molecule has 5 nitrogen and oxygen atoms in total. The molecule has 1 aliphatic rings. The molecular formula is C18H17ClN2O3S. The summed E-state index contributed by atoms with van der Waals surface area (Å²) in [4.78, 5) is 3.49. The summed E-state index contributed by atoms with van der Waals surface area (Å²) in [6, 6.07) is 12.4. The van der Waals surface area contributed by atoms with Crippen molar-refractivity contribution in [3.05, 3.63) is 58.7 Å². The molecule has 0 bridgehead atoms. The number of sulfonamides is 1. The molecule has 0 radical (unpaired) electrons. The van der Waals surface area contributed by atoms with E-state index in [-0.39, 0.29) is 9.92 Å². The minimum absolute atomic E-state index is 0.151. The molecule has 2 heterocycles. The van der Waals surface area contributed by atoms with Crippen molar-refractivity contribution in [2.45, 2.75) is 17.9 Å². The molecular weight excluding hydrogens is 360 g/mol. The quantitative estimate of drug-likeness (QED) is 0.760. The molecule has 0 saturated carbocycles. The van der Waals surface area contributed by atoms with E-state index in [1.165, 1.54) is 4.31 Å². The number of rotatable bonds is 3. The molecule has 3 aromatic rings. The predicted octanol–water partition coefficient (Wildman–Crippen LogP) is 3.58. The van der Waals surface area contributed by atoms with Crippen molar-refractivity contribution in [1.29, 1.82) is 0 Å². The van der Waals surface area contributed by atoms with Crippen molar-refractivity contribution >= 4 is 32.5 Å². The number of halogens is 1. The van der Waals surface area contributed by atoms with Crippen LogP contribution in [0.3, 0.4) is 0 Å². The van der Waals surface area contributed by atoms with Crippen molar-refractivity contribution < 1.29 is 13.2 Å². The van der Waals surface area contributed by atoms with Crippen LogP contribution >= 0.6 is 11.6 Å². The molecule has 0 aliphatic carbocycles. The SMILES string of the molecule is COc1ccc2[nH]c3c(c2c1)CCN(S(=O)(=O)c1ccccc1Cl)C3. The molecule has 0 saturated heterocycles. The van der Waals surface area contributed by atoms with Gasteiger partial charge in [0.05, 0.1) is 18.7 Å². The topological polar surface area (TPSA) is 62.4 Å². The number of hydrogen-bond acceptors (Lipinski definition) is 3. The summed E-state index contributed by atoms with van der Waals surface area (Å²) in [5.74, 6) is 0.792. The van der Waals surface area contributed by atoms with Crippen LogP contribution in [0.25, 0.3) is 10.9 Å². The Kier molecular flexibility index (Phi) is 3.98. The normalized spacial score (nSPS) is 15.3. The first-order valence-electron chi connectivity index (χ1n) is 7.93. The summed E-state index contributed by atoms with van der Waals surface area (Å²) in [6.45, 7) is 0.727. The first-order chi connectivity index (χ1) is 12.0. The standard InChI is InChI=1S/C18H17ClN2O3S/c1-24-12-6-7-16-14(10-12)13-8-9-21(11-17(13)20-16)25(22,23)18-5-3-2-4-15(18)19/h2-7,10,20H,8-9,11H2,1H3. The Bertz CT molecular complexity index is 1060. The van der Waals surface area contributed by atoms with Gasteiger partial charge in [-0.15, -0.1) is 0 Å². The van der Waals surface area contributed by atoms with E-state index in [0.29, 0.717) is 19.5 Å². The highest BCUT2D eigenvalue weighted by atomic mass is 35.5. The summed E-state index contributed by atoms with van der Waals surface area (Å²) >= 11 is 6.10. The van der Waals surface area contributed by atoms with Crippen LogP contribution in [0.1, 0.15) is 11.3 Å². The van der Waals surface area contributed by atoms with Crippen molar-refractivity contribution in [2.24, 2.45) is 0 Å². The van der Waals surface area contributed by atoms with Gasteiger partial charge in [-0.25, -0.2) is 8.42 Å². The number of hydrogen-bond donors (Lipinski definition) is 1. The van der Waals surface area contributed by atoms with Crippen molar-refractivity contribution in [3.8, 4) is 5.75 Å². The highest BCUT2D eigenvalue weighted by Crippen LogP contribution is 2.33. The lowest BCUT2D eigenvalue weighted by Gasteiger charge is -2.26. The van der Waals surface area contributed by atoms with Crippen LogP contribution in [0.15, 0.2) is 47.4 Å². The molecule has 1 aromatic heterocycles. The van der Waals surface area contributed by atoms with Crippen LogP contribution in [0, 0.1) is 0 Å². The zero-order chi connectivity index (χ0) is 17.6. The Morgan fingerprint density at radius 2 is 2.00 bits per heavy atom. The molecule has 0 spiro atoms. The van der Waals surface area contributed by atoms with Gasteiger partial charge in [0.2, 0.25) is 10.0 Å². The van der Waals surface area contributed by atoms with Gasteiger partial charge in [0.15, 0.2) is 0 Å². The van der Waals surface area contributed by atoms with Gasteiger partial charge in [-0.3, -0.25) is 0 Å². The number of ether oxygens (including phenoxy) is 1. The molecule has 4 rings (SSSR count). The summed E-state index contributed by atoms with van der Waals surface area (Å²) in [5, 5.41) is 1.33. The van der Waals surface area contributed by atoms with E-state index in [1.807, 2.05) is 18.2 Å². The second kappa shape index (κ2) is 6.05. The Morgan fingerprint density at radius 3 is 2.76 bits per heavy atom. The van der Waals surface area contributed by atoms with Crippen molar-refractivity contribution in [3.63, 3.8) is 0 Å². The largest absolute Gasteiger partial charge is 0.497 e. The van der Waals surface area contributed by atoms with Crippen molar-refractivity contribution in [1.82, 2.24) is 9.29 Å². The molecule has 2 aromatic carbocycles. The summed E-state index contributed by atoms with van der Waals surface area (Å²) in [5.41, 5.74) is 3.06. The molecule has 1 N–H and O–H groups in total. The zero-order valence-electron chi connectivity index (χ0n) is 13.6. The van der Waals surface area contributed by atoms with E-state index >= 15 is 0 Å². The third-order valence-corrected chi connectivity index (χ3v) is 6.95. The number of H-pyrrole nitrogens is 1. The van der Waals surface area contributed by atoms with Crippen LogP contribution in [-0.2, 0) is 23.0 Å². The van der Waals surface area contributed by atoms with Gasteiger partial charge in [-0.2, -0.15) is 4.31 Å². The second-order valence-corrected chi connectivity index (χ2v) is 8.33. The van der Waals surface area contributed by atoms with Gasteiger partial charge in [0, 0.05) is 23.1 Å². The van der Waals surface area contributed by atoms with Crippen molar-refractivity contribution in [2.75, 3.05) is 13.7 Å². The minimum Gasteiger partial charge on any atom is -0.497 e. The van der Waals surface area contributed by atoms with Crippen LogP contribution in [0.5, 0.6) is 5.75 Å². The van der Waals surface area contributed by atoms with Gasteiger partial charge in [-0.05, 0) is 42.3 Å². The smallest absolute Gasteiger partial charge is 0.244 e. The molecule has 25 heavy (non-hydrogen) atoms. The number of fused-ring (bicyclic) bond motifs is 3. The highest BCUT2D eigenvalue weighted by molar-refractivity contribution is 7.89. The van der Waals surface area contributed by atoms with Gasteiger partial charge >= 0.3 is 0 Å². The summed E-state index contributed by atoms with van der Waals surface area (Å²) in [6.07, 6.45) is 0.645. The van der Waals surface area contributed by atoms with Gasteiger partial charge < -0.3 is 9.72 Å². The van der Waals surface area contributed by atoms with E-state index in [4.69, 9.17) is 16.3 Å². The number of nitrogens with one attached hydrogen (secondary N) is 1. The Labute approximate surface area is 151 Å². The van der Waals surface area contributed by atoms with E-state index in [1.54, 1.807) is 31.4 Å². The first-order valence-corrected chi connectivity index (χ1v) is 9.74. The fraction of sp³-hybridized carbons (Fsp3) is 0.222. The number of aromatic nitrogens is 1. The zero-order valence-corrected chi connectivity index (χ0v) is 15.2. The second-order valence-electron chi connectivity index (χ2n) is 6.01. The molecule has 0 fully saturated rings. The van der Waals surface area contributed by atoms with E-state index in [9.17, 15) is 8.42 Å². The lowest BCUT2D eigenvalue weighted by Crippen LogP contribution is -2.36. The van der Waals surface area contributed by atoms with E-state index in [0.717, 1.165) is 27.9 Å². The fourth-order valence-corrected chi connectivity index (χ4v) is 5.22. The summed E-state index contributed by atoms with van der Waals surface area (Å²) in [7, 11) is -1.99. The molecule has 0 unspecified atom stereocenters. The van der Waals surface area contributed by atoms with Crippen LogP contribution in [0.4, 0.5) is 0 Å². The van der Waals surface area contributed by atoms with Crippen LogP contribution < -0.4 is 4.74 Å². The molecule has 0 amide bonds. The number of aromatic amines is 1. The third-order valence-electron chi connectivity index (χ3n) is 4.60. The number of benzene rings is 2. The number of nitrogens with zero attached hydrogens (tertiary/aromatic N) is 1. The van der Waals surface area contributed by atoms with Gasteiger partial charge in [-0.1, -0.05) is 23.7 Å². The average molecular weight is 377 g/mol. The Balaban J connectivity index is 1.73. The Morgan fingerprint density at radius 1 is 1.20 bits per heavy atom. The van der Waals surface area contributed by atoms with Gasteiger partial charge in [0.25, 0.3) is 0 Å². The van der Waals surface area contributed by atoms with Crippen LogP contribution in [-0.4, -0.2) is 31.4 Å².